The highest BCUT2D eigenvalue weighted by molar-refractivity contribution is 7.16. The fourth-order valence-corrected chi connectivity index (χ4v) is 2.78. The summed E-state index contributed by atoms with van der Waals surface area (Å²) < 4.78 is 0. The van der Waals surface area contributed by atoms with E-state index in [0.717, 1.165) is 10.7 Å². The van der Waals surface area contributed by atoms with Gasteiger partial charge >= 0.3 is 0 Å². The Morgan fingerprint density at radius 3 is 3.00 bits per heavy atom. The number of rotatable bonds is 5. The van der Waals surface area contributed by atoms with Gasteiger partial charge in [0.2, 0.25) is 0 Å². The summed E-state index contributed by atoms with van der Waals surface area (Å²) in [6, 6.07) is 5.70. The second-order valence-electron chi connectivity index (χ2n) is 4.96. The molecule has 1 unspecified atom stereocenters. The Morgan fingerprint density at radius 1 is 1.45 bits per heavy atom. The zero-order valence-electron chi connectivity index (χ0n) is 11.0. The first-order valence-electron chi connectivity index (χ1n) is 6.65. The predicted octanol–water partition coefficient (Wildman–Crippen LogP) is 1.67. The van der Waals surface area contributed by atoms with Crippen molar-refractivity contribution >= 4 is 17.2 Å². The summed E-state index contributed by atoms with van der Waals surface area (Å²) >= 11 is 1.34. The van der Waals surface area contributed by atoms with Gasteiger partial charge in [-0.2, -0.15) is 0 Å². The molecule has 0 spiro atoms. The molecule has 1 aliphatic rings. The molecule has 0 aromatic carbocycles. The van der Waals surface area contributed by atoms with E-state index < -0.39 is 0 Å². The lowest BCUT2D eigenvalue weighted by Crippen LogP contribution is -2.38. The number of amides is 1. The Hall–Kier alpha value is -1.79. The molecule has 1 fully saturated rings. The molecule has 3 rings (SSSR count). The lowest BCUT2D eigenvalue weighted by atomic mass is 10.2. The number of aromatic nitrogens is 2. The molecule has 2 aromatic heterocycles. The van der Waals surface area contributed by atoms with E-state index in [9.17, 15) is 4.79 Å². The summed E-state index contributed by atoms with van der Waals surface area (Å²) in [5.74, 6) is 0.474. The lowest BCUT2D eigenvalue weighted by Gasteiger charge is -2.10. The number of nitrogens with zero attached hydrogens (tertiary/aromatic N) is 2. The zero-order valence-corrected chi connectivity index (χ0v) is 11.8. The second kappa shape index (κ2) is 5.68. The van der Waals surface area contributed by atoms with Gasteiger partial charge in [-0.3, -0.25) is 9.78 Å². The highest BCUT2D eigenvalue weighted by Gasteiger charge is 2.28. The van der Waals surface area contributed by atoms with Crippen molar-refractivity contribution in [3.63, 3.8) is 0 Å². The average Bonchev–Trinajstić information content (AvgIpc) is 3.22. The molecule has 0 bridgehead atoms. The van der Waals surface area contributed by atoms with Crippen LogP contribution >= 0.6 is 11.3 Å². The van der Waals surface area contributed by atoms with Gasteiger partial charge < -0.3 is 11.1 Å². The van der Waals surface area contributed by atoms with Gasteiger partial charge in [0, 0.05) is 18.8 Å². The Labute approximate surface area is 121 Å². The molecule has 1 aliphatic carbocycles. The number of nitrogens with one attached hydrogen (secondary N) is 1. The van der Waals surface area contributed by atoms with Crippen LogP contribution in [0.1, 0.15) is 22.5 Å². The number of hydrogen-bond donors (Lipinski definition) is 2. The van der Waals surface area contributed by atoms with Gasteiger partial charge in [-0.05, 0) is 30.9 Å². The van der Waals surface area contributed by atoms with Crippen molar-refractivity contribution < 1.29 is 4.79 Å². The van der Waals surface area contributed by atoms with Crippen LogP contribution in [0, 0.1) is 5.92 Å². The van der Waals surface area contributed by atoms with E-state index >= 15 is 0 Å². The van der Waals surface area contributed by atoms with Crippen molar-refractivity contribution in [2.24, 2.45) is 11.7 Å². The first-order valence-corrected chi connectivity index (χ1v) is 7.46. The zero-order chi connectivity index (χ0) is 13.9. The quantitative estimate of drug-likeness (QED) is 0.877. The van der Waals surface area contributed by atoms with Crippen LogP contribution < -0.4 is 11.1 Å². The summed E-state index contributed by atoms with van der Waals surface area (Å²) in [6.45, 7) is 0.528. The monoisotopic (exact) mass is 288 g/mol. The second-order valence-corrected chi connectivity index (χ2v) is 5.99. The Balaban J connectivity index is 1.62. The first kappa shape index (κ1) is 13.2. The molecule has 5 nitrogen and oxygen atoms in total. The van der Waals surface area contributed by atoms with Gasteiger partial charge in [0.05, 0.1) is 11.9 Å². The smallest absolute Gasteiger partial charge is 0.263 e. The fourth-order valence-electron chi connectivity index (χ4n) is 1.98. The SMILES string of the molecule is NC(CNC(=O)c1cnc(-c2ccccn2)s1)C1CC1. The Bertz CT molecular complexity index is 594. The summed E-state index contributed by atoms with van der Waals surface area (Å²) in [7, 11) is 0. The van der Waals surface area contributed by atoms with E-state index in [0.29, 0.717) is 17.3 Å². The summed E-state index contributed by atoms with van der Waals surface area (Å²) in [5.41, 5.74) is 6.75. The Morgan fingerprint density at radius 2 is 2.30 bits per heavy atom. The van der Waals surface area contributed by atoms with Crippen molar-refractivity contribution in [2.75, 3.05) is 6.54 Å². The number of carbonyl (C=O) groups is 1. The van der Waals surface area contributed by atoms with E-state index in [1.807, 2.05) is 18.2 Å². The minimum Gasteiger partial charge on any atom is -0.350 e. The van der Waals surface area contributed by atoms with Crippen LogP contribution in [0.3, 0.4) is 0 Å². The van der Waals surface area contributed by atoms with Gasteiger partial charge in [0.25, 0.3) is 5.91 Å². The molecule has 1 amide bonds. The summed E-state index contributed by atoms with van der Waals surface area (Å²) in [4.78, 5) is 21.1. The normalized spacial score (nSPS) is 15.8. The molecule has 104 valence electrons. The summed E-state index contributed by atoms with van der Waals surface area (Å²) in [6.07, 6.45) is 5.67. The predicted molar refractivity (Wildman–Crippen MR) is 78.4 cm³/mol. The molecule has 20 heavy (non-hydrogen) atoms. The molecule has 2 aromatic rings. The van der Waals surface area contributed by atoms with Crippen molar-refractivity contribution in [1.29, 1.82) is 0 Å². The van der Waals surface area contributed by atoms with Gasteiger partial charge in [-0.1, -0.05) is 6.07 Å². The number of nitrogens with two attached hydrogens (primary N) is 1. The first-order chi connectivity index (χ1) is 9.74. The molecule has 6 heteroatoms. The van der Waals surface area contributed by atoms with Crippen molar-refractivity contribution in [1.82, 2.24) is 15.3 Å². The largest absolute Gasteiger partial charge is 0.350 e. The number of pyridine rings is 1. The van der Waals surface area contributed by atoms with E-state index in [1.54, 1.807) is 12.4 Å². The van der Waals surface area contributed by atoms with Crippen molar-refractivity contribution in [3.05, 3.63) is 35.5 Å². The van der Waals surface area contributed by atoms with Crippen molar-refractivity contribution in [2.45, 2.75) is 18.9 Å². The van der Waals surface area contributed by atoms with Gasteiger partial charge in [0.1, 0.15) is 9.88 Å². The lowest BCUT2D eigenvalue weighted by molar-refractivity contribution is 0.0954. The maximum Gasteiger partial charge on any atom is 0.263 e. The van der Waals surface area contributed by atoms with Gasteiger partial charge in [-0.15, -0.1) is 11.3 Å². The number of carbonyl (C=O) groups excluding carboxylic acids is 1. The third kappa shape index (κ3) is 3.02. The molecular weight excluding hydrogens is 272 g/mol. The van der Waals surface area contributed by atoms with E-state index in [1.165, 1.54) is 24.2 Å². The highest BCUT2D eigenvalue weighted by Crippen LogP contribution is 2.31. The van der Waals surface area contributed by atoms with Crippen LogP contribution in [0.5, 0.6) is 0 Å². The maximum absolute atomic E-state index is 12.0. The van der Waals surface area contributed by atoms with Crippen LogP contribution in [-0.4, -0.2) is 28.5 Å². The van der Waals surface area contributed by atoms with Gasteiger partial charge in [0.15, 0.2) is 0 Å². The van der Waals surface area contributed by atoms with Crippen LogP contribution in [-0.2, 0) is 0 Å². The minimum absolute atomic E-state index is 0.0714. The number of hydrogen-bond acceptors (Lipinski definition) is 5. The average molecular weight is 288 g/mol. The highest BCUT2D eigenvalue weighted by atomic mass is 32.1. The van der Waals surface area contributed by atoms with Crippen LogP contribution in [0.15, 0.2) is 30.6 Å². The van der Waals surface area contributed by atoms with Crippen LogP contribution in [0.2, 0.25) is 0 Å². The van der Waals surface area contributed by atoms with E-state index in [4.69, 9.17) is 5.73 Å². The number of thiazole rings is 1. The van der Waals surface area contributed by atoms with E-state index in [2.05, 4.69) is 15.3 Å². The minimum atomic E-state index is -0.110. The molecule has 1 atom stereocenters. The van der Waals surface area contributed by atoms with Crippen molar-refractivity contribution in [3.8, 4) is 10.7 Å². The van der Waals surface area contributed by atoms with Crippen LogP contribution in [0.25, 0.3) is 10.7 Å². The molecule has 3 N–H and O–H groups in total. The van der Waals surface area contributed by atoms with Crippen LogP contribution in [0.4, 0.5) is 0 Å². The maximum atomic E-state index is 12.0. The fraction of sp³-hybridized carbons (Fsp3) is 0.357. The molecule has 0 saturated heterocycles. The molecule has 0 aliphatic heterocycles. The molecule has 0 radical (unpaired) electrons. The summed E-state index contributed by atoms with van der Waals surface area (Å²) in [5, 5.41) is 3.62. The topological polar surface area (TPSA) is 80.9 Å². The molecule has 1 saturated carbocycles. The van der Waals surface area contributed by atoms with Gasteiger partial charge in [-0.25, -0.2) is 4.98 Å². The molecule has 2 heterocycles. The third-order valence-corrected chi connectivity index (χ3v) is 4.36. The Kier molecular flexibility index (Phi) is 3.75. The van der Waals surface area contributed by atoms with E-state index in [-0.39, 0.29) is 11.9 Å². The third-order valence-electron chi connectivity index (χ3n) is 3.34. The molecular formula is C14H16N4OS. The standard InChI is InChI=1S/C14H16N4OS/c15-10(9-4-5-9)7-17-13(19)12-8-18-14(20-12)11-3-1-2-6-16-11/h1-3,6,8-10H,4-5,7,15H2,(H,17,19).